The molecule has 1 aromatic carbocycles. The van der Waals surface area contributed by atoms with Gasteiger partial charge in [0, 0.05) is 12.1 Å². The molecule has 2 N–H and O–H groups in total. The van der Waals surface area contributed by atoms with Gasteiger partial charge in [-0.25, -0.2) is 13.2 Å². The fourth-order valence-electron chi connectivity index (χ4n) is 2.71. The summed E-state index contributed by atoms with van der Waals surface area (Å²) in [5.41, 5.74) is 0.891. The van der Waals surface area contributed by atoms with Crippen molar-refractivity contribution in [1.82, 2.24) is 15.4 Å². The first kappa shape index (κ1) is 21.9. The van der Waals surface area contributed by atoms with Gasteiger partial charge in [0.2, 0.25) is 11.9 Å². The van der Waals surface area contributed by atoms with Crippen LogP contribution in [0.5, 0.6) is 0 Å². The van der Waals surface area contributed by atoms with Crippen molar-refractivity contribution in [1.29, 1.82) is 0 Å². The number of rotatable bonds is 4. The van der Waals surface area contributed by atoms with Crippen molar-refractivity contribution >= 4 is 29.3 Å². The summed E-state index contributed by atoms with van der Waals surface area (Å²) >= 11 is 6.06. The molecule has 2 aromatic rings. The van der Waals surface area contributed by atoms with Crippen molar-refractivity contribution in [2.24, 2.45) is 5.92 Å². The largest absolute Gasteiger partial charge is 0.408 e. The van der Waals surface area contributed by atoms with E-state index in [-0.39, 0.29) is 18.4 Å². The van der Waals surface area contributed by atoms with E-state index < -0.39 is 57.7 Å². The van der Waals surface area contributed by atoms with Gasteiger partial charge in [-0.3, -0.25) is 15.2 Å². The van der Waals surface area contributed by atoms with Crippen LogP contribution in [0.3, 0.4) is 0 Å². The average Bonchev–Trinajstić information content (AvgIpc) is 2.94. The van der Waals surface area contributed by atoms with Crippen molar-refractivity contribution in [2.75, 3.05) is 16.9 Å². The number of nitrogens with one attached hydrogen (secondary N) is 2. The Kier molecular flexibility index (Phi) is 5.72. The van der Waals surface area contributed by atoms with Crippen molar-refractivity contribution in [3.05, 3.63) is 34.7 Å². The maximum Gasteiger partial charge on any atom is 0.408 e. The standard InChI is InChI=1S/C17H14ClF6N5O/c1-6-5-29(28-15(6)30)16-26-13(18)12(11-9(20)3-8(19)4-10(11)21)14(27-16)25-7(2)17(22,23)24/h3-4,6-7H,5H2,1-2H3,(H,28,30)(H,25,26,27)/t6?,7-/m0/s1. The molecule has 1 unspecified atom stereocenters. The first-order valence-electron chi connectivity index (χ1n) is 8.52. The Morgan fingerprint density at radius 3 is 2.30 bits per heavy atom. The number of anilines is 2. The summed E-state index contributed by atoms with van der Waals surface area (Å²) in [7, 11) is 0. The number of hydrazine groups is 1. The third-order valence-electron chi connectivity index (χ3n) is 4.34. The Morgan fingerprint density at radius 1 is 1.20 bits per heavy atom. The minimum absolute atomic E-state index is 0.0854. The van der Waals surface area contributed by atoms with E-state index >= 15 is 0 Å². The third kappa shape index (κ3) is 4.23. The van der Waals surface area contributed by atoms with Crippen LogP contribution in [-0.2, 0) is 4.79 Å². The third-order valence-corrected chi connectivity index (χ3v) is 4.62. The minimum atomic E-state index is -4.73. The first-order chi connectivity index (χ1) is 13.9. The first-order valence-corrected chi connectivity index (χ1v) is 8.90. The van der Waals surface area contributed by atoms with Crippen molar-refractivity contribution in [3.63, 3.8) is 0 Å². The molecule has 162 valence electrons. The van der Waals surface area contributed by atoms with Crippen LogP contribution in [0.4, 0.5) is 38.1 Å². The molecule has 1 aliphatic rings. The number of benzene rings is 1. The van der Waals surface area contributed by atoms with Crippen LogP contribution in [0.15, 0.2) is 12.1 Å². The number of carbonyl (C=O) groups is 1. The van der Waals surface area contributed by atoms with E-state index in [1.807, 2.05) is 5.32 Å². The molecule has 30 heavy (non-hydrogen) atoms. The summed E-state index contributed by atoms with van der Waals surface area (Å²) in [6.45, 7) is 2.44. The molecule has 0 radical (unpaired) electrons. The zero-order chi connectivity index (χ0) is 22.4. The van der Waals surface area contributed by atoms with E-state index in [0.29, 0.717) is 12.1 Å². The number of halogens is 7. The summed E-state index contributed by atoms with van der Waals surface area (Å²) in [5, 5.41) is 2.56. The van der Waals surface area contributed by atoms with Crippen LogP contribution in [-0.4, -0.2) is 34.6 Å². The van der Waals surface area contributed by atoms with Gasteiger partial charge in [0.05, 0.1) is 23.6 Å². The Balaban J connectivity index is 2.17. The second kappa shape index (κ2) is 7.82. The van der Waals surface area contributed by atoms with Crippen molar-refractivity contribution in [2.45, 2.75) is 26.1 Å². The minimum Gasteiger partial charge on any atom is -0.358 e. The molecule has 1 aromatic heterocycles. The highest BCUT2D eigenvalue weighted by Crippen LogP contribution is 2.39. The SMILES string of the molecule is CC1CN(c2nc(Cl)c(-c3c(F)cc(F)cc3F)c(N[C@@H](C)C(F)(F)F)n2)NC1=O. The molecule has 0 saturated carbocycles. The molecule has 0 bridgehead atoms. The Bertz CT molecular complexity index is 978. The Labute approximate surface area is 171 Å². The molecule has 6 nitrogen and oxygen atoms in total. The molecular weight excluding hydrogens is 440 g/mol. The molecular formula is C17H14ClF6N5O. The van der Waals surface area contributed by atoms with Crippen LogP contribution in [0.2, 0.25) is 5.15 Å². The highest BCUT2D eigenvalue weighted by atomic mass is 35.5. The molecule has 0 aliphatic carbocycles. The maximum absolute atomic E-state index is 14.3. The maximum atomic E-state index is 14.3. The summed E-state index contributed by atoms with van der Waals surface area (Å²) in [6, 6.07) is -1.49. The van der Waals surface area contributed by atoms with Gasteiger partial charge in [0.25, 0.3) is 0 Å². The molecule has 1 saturated heterocycles. The molecule has 1 aliphatic heterocycles. The van der Waals surface area contributed by atoms with Crippen LogP contribution in [0.1, 0.15) is 13.8 Å². The zero-order valence-electron chi connectivity index (χ0n) is 15.4. The van der Waals surface area contributed by atoms with Gasteiger partial charge >= 0.3 is 6.18 Å². The second-order valence-corrected chi connectivity index (χ2v) is 7.04. The fourth-order valence-corrected chi connectivity index (χ4v) is 2.97. The highest BCUT2D eigenvalue weighted by Gasteiger charge is 2.38. The molecule has 2 heterocycles. The Hall–Kier alpha value is -2.76. The van der Waals surface area contributed by atoms with Crippen LogP contribution < -0.4 is 15.8 Å². The average molecular weight is 454 g/mol. The number of nitrogens with zero attached hydrogens (tertiary/aromatic N) is 3. The molecule has 0 spiro atoms. The molecule has 3 rings (SSSR count). The number of hydrogen-bond donors (Lipinski definition) is 2. The van der Waals surface area contributed by atoms with Gasteiger partial charge in [-0.2, -0.15) is 23.1 Å². The van der Waals surface area contributed by atoms with Gasteiger partial charge in [0.1, 0.15) is 34.5 Å². The molecule has 1 amide bonds. The zero-order valence-corrected chi connectivity index (χ0v) is 16.2. The number of aromatic nitrogens is 2. The molecule has 13 heteroatoms. The van der Waals surface area contributed by atoms with Gasteiger partial charge in [-0.15, -0.1) is 0 Å². The van der Waals surface area contributed by atoms with E-state index in [9.17, 15) is 31.1 Å². The lowest BCUT2D eigenvalue weighted by molar-refractivity contribution is -0.138. The highest BCUT2D eigenvalue weighted by molar-refractivity contribution is 6.32. The number of amides is 1. The lowest BCUT2D eigenvalue weighted by Crippen LogP contribution is -2.36. The number of carbonyl (C=O) groups excluding carboxylic acids is 1. The van der Waals surface area contributed by atoms with Crippen LogP contribution >= 0.6 is 11.6 Å². The number of alkyl halides is 3. The lowest BCUT2D eigenvalue weighted by atomic mass is 10.1. The van der Waals surface area contributed by atoms with Gasteiger partial charge < -0.3 is 5.32 Å². The predicted octanol–water partition coefficient (Wildman–Crippen LogP) is 4.06. The normalized spacial score (nSPS) is 17.8. The fraction of sp³-hybridized carbons (Fsp3) is 0.353. The second-order valence-electron chi connectivity index (χ2n) is 6.68. The van der Waals surface area contributed by atoms with E-state index in [2.05, 4.69) is 15.4 Å². The topological polar surface area (TPSA) is 70.2 Å². The summed E-state index contributed by atoms with van der Waals surface area (Å²) < 4.78 is 81.2. The van der Waals surface area contributed by atoms with Crippen LogP contribution in [0.25, 0.3) is 11.1 Å². The Morgan fingerprint density at radius 2 is 1.80 bits per heavy atom. The van der Waals surface area contributed by atoms with Gasteiger partial charge in [0.15, 0.2) is 0 Å². The van der Waals surface area contributed by atoms with Crippen LogP contribution in [0, 0.1) is 23.4 Å². The predicted molar refractivity (Wildman–Crippen MR) is 96.1 cm³/mol. The van der Waals surface area contributed by atoms with Gasteiger partial charge in [-0.05, 0) is 6.92 Å². The summed E-state index contributed by atoms with van der Waals surface area (Å²) in [5.74, 6) is -5.83. The van der Waals surface area contributed by atoms with Gasteiger partial charge in [-0.1, -0.05) is 18.5 Å². The van der Waals surface area contributed by atoms with E-state index in [0.717, 1.165) is 11.9 Å². The molecule has 2 atom stereocenters. The summed E-state index contributed by atoms with van der Waals surface area (Å²) in [4.78, 5) is 19.5. The van der Waals surface area contributed by atoms with E-state index in [1.54, 1.807) is 6.92 Å². The van der Waals surface area contributed by atoms with Crippen molar-refractivity contribution < 1.29 is 31.1 Å². The number of hydrogen-bond acceptors (Lipinski definition) is 5. The van der Waals surface area contributed by atoms with Crippen molar-refractivity contribution in [3.8, 4) is 11.1 Å². The monoisotopic (exact) mass is 453 g/mol. The quantitative estimate of drug-likeness (QED) is 0.539. The lowest BCUT2D eigenvalue weighted by Gasteiger charge is -2.23. The molecule has 1 fully saturated rings. The van der Waals surface area contributed by atoms with E-state index in [4.69, 9.17) is 11.6 Å². The summed E-state index contributed by atoms with van der Waals surface area (Å²) in [6.07, 6.45) is -4.73. The smallest absolute Gasteiger partial charge is 0.358 e. The van der Waals surface area contributed by atoms with E-state index in [1.165, 1.54) is 0 Å².